The predicted molar refractivity (Wildman–Crippen MR) is 103 cm³/mol. The molecule has 2 N–H and O–H groups in total. The molecule has 1 aromatic carbocycles. The summed E-state index contributed by atoms with van der Waals surface area (Å²) >= 11 is 7.12. The molecular formula is C16H12ClN5O3S2. The van der Waals surface area contributed by atoms with Crippen LogP contribution in [0.2, 0.25) is 5.02 Å². The van der Waals surface area contributed by atoms with Gasteiger partial charge in [0.2, 0.25) is 0 Å². The van der Waals surface area contributed by atoms with Gasteiger partial charge in [0.15, 0.2) is 22.4 Å². The quantitative estimate of drug-likeness (QED) is 0.394. The van der Waals surface area contributed by atoms with Gasteiger partial charge in [-0.25, -0.2) is 9.97 Å². The Balaban J connectivity index is 2.03. The number of aromatic nitrogens is 4. The minimum absolute atomic E-state index is 0.0124. The number of halogens is 1. The Morgan fingerprint density at radius 1 is 1.19 bits per heavy atom. The monoisotopic (exact) mass is 421 g/mol. The van der Waals surface area contributed by atoms with Crippen molar-refractivity contribution in [3.63, 3.8) is 0 Å². The molecular weight excluding hydrogens is 410 g/mol. The zero-order valence-electron chi connectivity index (χ0n) is 13.8. The topological polar surface area (TPSA) is 117 Å². The Morgan fingerprint density at radius 2 is 1.93 bits per heavy atom. The molecule has 0 fully saturated rings. The van der Waals surface area contributed by atoms with E-state index in [-0.39, 0.29) is 16.4 Å². The van der Waals surface area contributed by atoms with Crippen LogP contribution in [-0.2, 0) is 10.0 Å². The van der Waals surface area contributed by atoms with Gasteiger partial charge < -0.3 is 10.2 Å². The van der Waals surface area contributed by atoms with Crippen molar-refractivity contribution in [2.45, 2.75) is 10.1 Å². The number of nitrogen functional groups attached to an aromatic ring is 1. The minimum atomic E-state index is -4.04. The largest absolute Gasteiger partial charge is 0.463 e. The van der Waals surface area contributed by atoms with Crippen LogP contribution in [0.25, 0.3) is 22.5 Å². The van der Waals surface area contributed by atoms with Gasteiger partial charge in [-0.2, -0.15) is 8.42 Å². The molecule has 0 spiro atoms. The lowest BCUT2D eigenvalue weighted by Crippen LogP contribution is -2.15. The van der Waals surface area contributed by atoms with Gasteiger partial charge in [-0.05, 0) is 42.7 Å². The third-order valence-electron chi connectivity index (χ3n) is 3.78. The Labute approximate surface area is 163 Å². The van der Waals surface area contributed by atoms with Crippen molar-refractivity contribution in [1.29, 1.82) is 0 Å². The maximum Gasteiger partial charge on any atom is 0.285 e. The molecule has 4 aromatic rings. The lowest BCUT2D eigenvalue weighted by Gasteiger charge is -2.07. The normalized spacial score (nSPS) is 11.9. The Kier molecular flexibility index (Phi) is 4.33. The fourth-order valence-electron chi connectivity index (χ4n) is 2.56. The summed E-state index contributed by atoms with van der Waals surface area (Å²) in [6.07, 6.45) is 3.28. The van der Waals surface area contributed by atoms with Crippen LogP contribution >= 0.6 is 23.4 Å². The van der Waals surface area contributed by atoms with Gasteiger partial charge in [0.25, 0.3) is 10.0 Å². The molecule has 3 heterocycles. The second-order valence-corrected chi connectivity index (χ2v) is 8.40. The van der Waals surface area contributed by atoms with Gasteiger partial charge in [0.1, 0.15) is 5.69 Å². The summed E-state index contributed by atoms with van der Waals surface area (Å²) in [5.41, 5.74) is 6.48. The van der Waals surface area contributed by atoms with Gasteiger partial charge in [0.05, 0.1) is 16.5 Å². The number of benzene rings is 1. The average molecular weight is 422 g/mol. The number of furan rings is 1. The van der Waals surface area contributed by atoms with Crippen molar-refractivity contribution in [3.8, 4) is 11.5 Å². The van der Waals surface area contributed by atoms with Crippen LogP contribution in [0, 0.1) is 0 Å². The van der Waals surface area contributed by atoms with Gasteiger partial charge in [-0.1, -0.05) is 23.4 Å². The van der Waals surface area contributed by atoms with Gasteiger partial charge in [-0.3, -0.25) is 0 Å². The Hall–Kier alpha value is -2.56. The molecule has 0 radical (unpaired) electrons. The fourth-order valence-corrected chi connectivity index (χ4v) is 4.28. The van der Waals surface area contributed by atoms with Crippen LogP contribution in [0.4, 0.5) is 5.82 Å². The summed E-state index contributed by atoms with van der Waals surface area (Å²) in [5.74, 6) is 0.425. The zero-order chi connectivity index (χ0) is 19.2. The van der Waals surface area contributed by atoms with E-state index in [1.807, 2.05) is 0 Å². The van der Waals surface area contributed by atoms with Crippen molar-refractivity contribution in [3.05, 3.63) is 47.7 Å². The summed E-state index contributed by atoms with van der Waals surface area (Å²) in [6, 6.07) is 9.17. The van der Waals surface area contributed by atoms with E-state index in [9.17, 15) is 8.42 Å². The number of anilines is 1. The maximum absolute atomic E-state index is 13.1. The van der Waals surface area contributed by atoms with Crippen LogP contribution in [0.15, 0.2) is 57.1 Å². The summed E-state index contributed by atoms with van der Waals surface area (Å²) in [5, 5.41) is 5.12. The highest BCUT2D eigenvalue weighted by molar-refractivity contribution is 7.98. The zero-order valence-corrected chi connectivity index (χ0v) is 16.2. The molecule has 0 aliphatic heterocycles. The van der Waals surface area contributed by atoms with Gasteiger partial charge in [-0.15, -0.1) is 9.19 Å². The van der Waals surface area contributed by atoms with Gasteiger partial charge >= 0.3 is 0 Å². The molecule has 0 atom stereocenters. The van der Waals surface area contributed by atoms with E-state index in [0.717, 1.165) is 4.09 Å². The molecule has 0 aliphatic rings. The van der Waals surface area contributed by atoms with Crippen molar-refractivity contribution in [1.82, 2.24) is 19.2 Å². The van der Waals surface area contributed by atoms with E-state index < -0.39 is 10.0 Å². The molecule has 0 saturated heterocycles. The summed E-state index contributed by atoms with van der Waals surface area (Å²) in [4.78, 5) is 8.75. The first kappa shape index (κ1) is 17.8. The Morgan fingerprint density at radius 3 is 2.56 bits per heavy atom. The summed E-state index contributed by atoms with van der Waals surface area (Å²) in [7, 11) is -4.04. The highest BCUT2D eigenvalue weighted by Crippen LogP contribution is 2.33. The molecule has 4 rings (SSSR count). The van der Waals surface area contributed by atoms with E-state index in [1.54, 1.807) is 18.4 Å². The molecule has 0 amide bonds. The van der Waals surface area contributed by atoms with Crippen LogP contribution in [0.3, 0.4) is 0 Å². The smallest absolute Gasteiger partial charge is 0.285 e. The van der Waals surface area contributed by atoms with E-state index in [4.69, 9.17) is 21.8 Å². The van der Waals surface area contributed by atoms with Crippen molar-refractivity contribution >= 4 is 50.2 Å². The molecule has 0 aliphatic carbocycles. The van der Waals surface area contributed by atoms with Crippen LogP contribution in [0.1, 0.15) is 0 Å². The second kappa shape index (κ2) is 6.55. The number of fused-ring (bicyclic) bond motifs is 1. The highest BCUT2D eigenvalue weighted by Gasteiger charge is 2.27. The standard InChI is InChI=1S/C16H12ClN5O3S2/c1-26-16-19-13(11-3-2-8-25-11)12-14(18)21-22(15(12)20-16)27(23,24)10-6-4-9(17)5-7-10/h2-8H,1H3,(H2,18,21). The molecule has 27 heavy (non-hydrogen) atoms. The third-order valence-corrected chi connectivity index (χ3v) is 6.16. The lowest BCUT2D eigenvalue weighted by molar-refractivity contribution is 0.578. The van der Waals surface area contributed by atoms with E-state index in [1.165, 1.54) is 42.3 Å². The lowest BCUT2D eigenvalue weighted by atomic mass is 10.2. The first-order valence-electron chi connectivity index (χ1n) is 7.57. The SMILES string of the molecule is CSc1nc(-c2ccco2)c2c(N)nn(S(=O)(=O)c3ccc(Cl)cc3)c2n1. The van der Waals surface area contributed by atoms with Crippen LogP contribution in [0.5, 0.6) is 0 Å². The van der Waals surface area contributed by atoms with Crippen LogP contribution < -0.4 is 5.73 Å². The summed E-state index contributed by atoms with van der Waals surface area (Å²) in [6.45, 7) is 0. The summed E-state index contributed by atoms with van der Waals surface area (Å²) < 4.78 is 32.4. The average Bonchev–Trinajstić information content (AvgIpc) is 3.30. The number of nitrogens with zero attached hydrogens (tertiary/aromatic N) is 4. The van der Waals surface area contributed by atoms with Crippen molar-refractivity contribution in [2.24, 2.45) is 0 Å². The number of thioether (sulfide) groups is 1. The number of hydrogen-bond acceptors (Lipinski definition) is 8. The molecule has 8 nitrogen and oxygen atoms in total. The molecule has 11 heteroatoms. The first-order chi connectivity index (χ1) is 12.9. The van der Waals surface area contributed by atoms with Crippen molar-refractivity contribution < 1.29 is 12.8 Å². The highest BCUT2D eigenvalue weighted by atomic mass is 35.5. The first-order valence-corrected chi connectivity index (χ1v) is 10.6. The molecule has 3 aromatic heterocycles. The third kappa shape index (κ3) is 2.95. The second-order valence-electron chi connectivity index (χ2n) is 5.42. The van der Waals surface area contributed by atoms with Gasteiger partial charge in [0, 0.05) is 5.02 Å². The molecule has 0 saturated carbocycles. The minimum Gasteiger partial charge on any atom is -0.463 e. The molecule has 0 unspecified atom stereocenters. The number of rotatable bonds is 4. The Bertz CT molecular complexity index is 1240. The predicted octanol–water partition coefficient (Wildman–Crippen LogP) is 3.28. The molecule has 0 bridgehead atoms. The fraction of sp³-hybridized carbons (Fsp3) is 0.0625. The van der Waals surface area contributed by atoms with Crippen molar-refractivity contribution in [2.75, 3.05) is 12.0 Å². The van der Waals surface area contributed by atoms with Crippen LogP contribution in [-0.4, -0.2) is 33.8 Å². The maximum atomic E-state index is 13.1. The van der Waals surface area contributed by atoms with E-state index in [0.29, 0.717) is 27.0 Å². The van der Waals surface area contributed by atoms with E-state index in [2.05, 4.69) is 15.1 Å². The number of nitrogens with two attached hydrogens (primary N) is 1. The van der Waals surface area contributed by atoms with E-state index >= 15 is 0 Å². The molecule has 138 valence electrons. The number of hydrogen-bond donors (Lipinski definition) is 1.